The standard InChI is InChI=1S/C18H17ClFN3O3/c19-16-12-15(20)5-3-14(16)4-6-17(24)22-23-18(25)26-11-1-2-13-7-9-21-10-8-13/h3-10,12H,1-2,11H2,(H,22,24)(H,23,25). The highest BCUT2D eigenvalue weighted by molar-refractivity contribution is 6.32. The van der Waals surface area contributed by atoms with Crippen molar-refractivity contribution in [2.24, 2.45) is 0 Å². The Bertz CT molecular complexity index is 785. The van der Waals surface area contributed by atoms with E-state index in [4.69, 9.17) is 16.3 Å². The molecule has 0 aliphatic carbocycles. The van der Waals surface area contributed by atoms with Crippen LogP contribution in [-0.2, 0) is 16.0 Å². The smallest absolute Gasteiger partial charge is 0.426 e. The average Bonchev–Trinajstić information content (AvgIpc) is 2.63. The van der Waals surface area contributed by atoms with Crippen molar-refractivity contribution in [2.45, 2.75) is 12.8 Å². The Morgan fingerprint density at radius 1 is 1.19 bits per heavy atom. The molecule has 2 aromatic rings. The predicted molar refractivity (Wildman–Crippen MR) is 95.6 cm³/mol. The van der Waals surface area contributed by atoms with Gasteiger partial charge in [0.25, 0.3) is 5.91 Å². The van der Waals surface area contributed by atoms with E-state index in [1.165, 1.54) is 18.2 Å². The summed E-state index contributed by atoms with van der Waals surface area (Å²) in [7, 11) is 0. The van der Waals surface area contributed by atoms with Crippen molar-refractivity contribution in [3.63, 3.8) is 0 Å². The van der Waals surface area contributed by atoms with Crippen molar-refractivity contribution in [3.05, 3.63) is 70.8 Å². The Kier molecular flexibility index (Phi) is 7.57. The molecule has 0 radical (unpaired) electrons. The number of nitrogens with zero attached hydrogens (tertiary/aromatic N) is 1. The van der Waals surface area contributed by atoms with Crippen LogP contribution in [0.5, 0.6) is 0 Å². The minimum absolute atomic E-state index is 0.176. The molecule has 0 spiro atoms. The fourth-order valence-electron chi connectivity index (χ4n) is 1.98. The second-order valence-electron chi connectivity index (χ2n) is 5.21. The number of hydrogen-bond acceptors (Lipinski definition) is 4. The molecule has 2 N–H and O–H groups in total. The van der Waals surface area contributed by atoms with Crippen LogP contribution in [0, 0.1) is 5.82 Å². The van der Waals surface area contributed by atoms with Gasteiger partial charge in [-0.25, -0.2) is 14.6 Å². The first-order valence-corrected chi connectivity index (χ1v) is 8.17. The first-order valence-electron chi connectivity index (χ1n) is 7.79. The number of hydrazine groups is 1. The summed E-state index contributed by atoms with van der Waals surface area (Å²) in [5.41, 5.74) is 5.87. The Morgan fingerprint density at radius 3 is 2.69 bits per heavy atom. The molecule has 0 aliphatic heterocycles. The second-order valence-corrected chi connectivity index (χ2v) is 5.62. The Labute approximate surface area is 155 Å². The van der Waals surface area contributed by atoms with Gasteiger partial charge in [0.15, 0.2) is 0 Å². The lowest BCUT2D eigenvalue weighted by Gasteiger charge is -2.07. The molecule has 6 nitrogen and oxygen atoms in total. The van der Waals surface area contributed by atoms with Crippen molar-refractivity contribution in [3.8, 4) is 0 Å². The summed E-state index contributed by atoms with van der Waals surface area (Å²) in [6.07, 6.45) is 6.59. The summed E-state index contributed by atoms with van der Waals surface area (Å²) in [4.78, 5) is 27.0. The molecule has 0 atom stereocenters. The van der Waals surface area contributed by atoms with Gasteiger partial charge in [-0.15, -0.1) is 0 Å². The lowest BCUT2D eigenvalue weighted by molar-refractivity contribution is -0.117. The van der Waals surface area contributed by atoms with Gasteiger partial charge in [0.2, 0.25) is 0 Å². The van der Waals surface area contributed by atoms with E-state index in [0.717, 1.165) is 24.1 Å². The van der Waals surface area contributed by atoms with Gasteiger partial charge in [0, 0.05) is 18.5 Å². The van der Waals surface area contributed by atoms with Crippen molar-refractivity contribution in [1.29, 1.82) is 0 Å². The van der Waals surface area contributed by atoms with Gasteiger partial charge in [-0.1, -0.05) is 17.7 Å². The minimum Gasteiger partial charge on any atom is -0.448 e. The highest BCUT2D eigenvalue weighted by atomic mass is 35.5. The van der Waals surface area contributed by atoms with Crippen LogP contribution in [0.15, 0.2) is 48.8 Å². The Balaban J connectivity index is 1.65. The fraction of sp³-hybridized carbons (Fsp3) is 0.167. The monoisotopic (exact) mass is 377 g/mol. The van der Waals surface area contributed by atoms with E-state index in [2.05, 4.69) is 15.8 Å². The van der Waals surface area contributed by atoms with Crippen molar-refractivity contribution < 1.29 is 18.7 Å². The number of amides is 2. The average molecular weight is 378 g/mol. The van der Waals surface area contributed by atoms with E-state index in [1.807, 2.05) is 12.1 Å². The Hall–Kier alpha value is -2.93. The molecule has 0 bridgehead atoms. The number of halogens is 2. The molecule has 2 amide bonds. The minimum atomic E-state index is -0.763. The molecule has 0 saturated heterocycles. The third-order valence-corrected chi connectivity index (χ3v) is 3.58. The Morgan fingerprint density at radius 2 is 1.96 bits per heavy atom. The third-order valence-electron chi connectivity index (χ3n) is 3.26. The maximum absolute atomic E-state index is 12.9. The van der Waals surface area contributed by atoms with Crippen LogP contribution < -0.4 is 10.9 Å². The van der Waals surface area contributed by atoms with E-state index in [9.17, 15) is 14.0 Å². The van der Waals surface area contributed by atoms with Crippen LogP contribution in [0.4, 0.5) is 9.18 Å². The molecule has 0 aliphatic rings. The number of rotatable bonds is 6. The molecule has 2 rings (SSSR count). The normalized spacial score (nSPS) is 10.5. The molecule has 0 fully saturated rings. The fourth-order valence-corrected chi connectivity index (χ4v) is 2.21. The van der Waals surface area contributed by atoms with E-state index in [-0.39, 0.29) is 11.6 Å². The summed E-state index contributed by atoms with van der Waals surface area (Å²) in [5, 5.41) is 0.176. The highest BCUT2D eigenvalue weighted by Crippen LogP contribution is 2.18. The van der Waals surface area contributed by atoms with Crippen molar-refractivity contribution in [2.75, 3.05) is 6.61 Å². The SMILES string of the molecule is O=C(C=Cc1ccc(F)cc1Cl)NNC(=O)OCCCc1ccncc1. The number of aryl methyl sites for hydroxylation is 1. The maximum atomic E-state index is 12.9. The zero-order valence-corrected chi connectivity index (χ0v) is 14.5. The van der Waals surface area contributed by atoms with Crippen molar-refractivity contribution in [1.82, 2.24) is 15.8 Å². The van der Waals surface area contributed by atoms with E-state index >= 15 is 0 Å². The predicted octanol–water partition coefficient (Wildman–Crippen LogP) is 3.28. The molecule has 1 heterocycles. The van der Waals surface area contributed by atoms with Crippen LogP contribution >= 0.6 is 11.6 Å². The quantitative estimate of drug-likeness (QED) is 0.460. The molecule has 136 valence electrons. The molecule has 1 aromatic carbocycles. The molecular formula is C18H17ClFN3O3. The van der Waals surface area contributed by atoms with Gasteiger partial charge in [0.05, 0.1) is 11.6 Å². The number of carbonyl (C=O) groups is 2. The topological polar surface area (TPSA) is 80.3 Å². The maximum Gasteiger partial charge on any atom is 0.426 e. The summed E-state index contributed by atoms with van der Waals surface area (Å²) in [6, 6.07) is 7.58. The first kappa shape index (κ1) is 19.4. The number of pyridine rings is 1. The zero-order chi connectivity index (χ0) is 18.8. The molecule has 26 heavy (non-hydrogen) atoms. The number of ether oxygens (including phenoxy) is 1. The number of hydrogen-bond donors (Lipinski definition) is 2. The van der Waals surface area contributed by atoms with E-state index < -0.39 is 17.8 Å². The largest absolute Gasteiger partial charge is 0.448 e. The summed E-state index contributed by atoms with van der Waals surface area (Å²) in [5.74, 6) is -1.05. The first-order chi connectivity index (χ1) is 12.5. The molecule has 1 aromatic heterocycles. The lowest BCUT2D eigenvalue weighted by Crippen LogP contribution is -2.41. The van der Waals surface area contributed by atoms with Crippen LogP contribution in [0.1, 0.15) is 17.5 Å². The highest BCUT2D eigenvalue weighted by Gasteiger charge is 2.04. The second kappa shape index (κ2) is 10.1. The molecule has 8 heteroatoms. The van der Waals surface area contributed by atoms with E-state index in [1.54, 1.807) is 12.4 Å². The van der Waals surface area contributed by atoms with Gasteiger partial charge in [-0.3, -0.25) is 15.2 Å². The van der Waals surface area contributed by atoms with Crippen LogP contribution in [0.3, 0.4) is 0 Å². The number of aromatic nitrogens is 1. The van der Waals surface area contributed by atoms with Gasteiger partial charge >= 0.3 is 6.09 Å². The van der Waals surface area contributed by atoms with Crippen LogP contribution in [-0.4, -0.2) is 23.6 Å². The van der Waals surface area contributed by atoms with Gasteiger partial charge in [0.1, 0.15) is 5.82 Å². The lowest BCUT2D eigenvalue weighted by atomic mass is 10.1. The summed E-state index contributed by atoms with van der Waals surface area (Å²) in [6.45, 7) is 0.213. The van der Waals surface area contributed by atoms with Gasteiger partial charge in [-0.05, 0) is 54.3 Å². The number of nitrogens with one attached hydrogen (secondary N) is 2. The number of benzene rings is 1. The van der Waals surface area contributed by atoms with Gasteiger partial charge < -0.3 is 4.74 Å². The van der Waals surface area contributed by atoms with Crippen LogP contribution in [0.25, 0.3) is 6.08 Å². The van der Waals surface area contributed by atoms with Crippen LogP contribution in [0.2, 0.25) is 5.02 Å². The van der Waals surface area contributed by atoms with Crippen molar-refractivity contribution >= 4 is 29.7 Å². The molecular weight excluding hydrogens is 361 g/mol. The summed E-state index contributed by atoms with van der Waals surface area (Å²) < 4.78 is 17.9. The molecule has 0 saturated carbocycles. The zero-order valence-electron chi connectivity index (χ0n) is 13.7. The van der Waals surface area contributed by atoms with Gasteiger partial charge in [-0.2, -0.15) is 0 Å². The number of carbonyl (C=O) groups excluding carboxylic acids is 2. The molecule has 0 unspecified atom stereocenters. The third kappa shape index (κ3) is 6.90. The van der Waals surface area contributed by atoms with E-state index in [0.29, 0.717) is 12.0 Å². The summed E-state index contributed by atoms with van der Waals surface area (Å²) >= 11 is 5.84.